The number of para-hydroxylation sites is 1. The highest BCUT2D eigenvalue weighted by Gasteiger charge is 2.14. The molecular weight excluding hydrogens is 376 g/mol. The van der Waals surface area contributed by atoms with Crippen LogP contribution in [-0.4, -0.2) is 33.7 Å². The zero-order chi connectivity index (χ0) is 19.7. The Balaban J connectivity index is 1.48. The Morgan fingerprint density at radius 2 is 2.07 bits per heavy atom. The van der Waals surface area contributed by atoms with Gasteiger partial charge in [-0.25, -0.2) is 4.68 Å². The number of thiophene rings is 1. The SMILES string of the molecule is COc1ccccc1CCNC(=O)Cn1nc(C)n2c(cc3sccc32)c1=O. The molecule has 4 rings (SSSR count). The number of carbonyl (C=O) groups is 1. The highest BCUT2D eigenvalue weighted by Crippen LogP contribution is 2.24. The minimum absolute atomic E-state index is 0.110. The summed E-state index contributed by atoms with van der Waals surface area (Å²) in [7, 11) is 1.62. The number of hydrogen-bond acceptors (Lipinski definition) is 5. The third-order valence-corrected chi connectivity index (χ3v) is 5.52. The monoisotopic (exact) mass is 396 g/mol. The molecule has 0 aliphatic carbocycles. The molecule has 4 aromatic rings. The summed E-state index contributed by atoms with van der Waals surface area (Å²) in [6, 6.07) is 11.5. The van der Waals surface area contributed by atoms with Gasteiger partial charge in [-0.3, -0.25) is 14.0 Å². The van der Waals surface area contributed by atoms with Crippen molar-refractivity contribution >= 4 is 33.0 Å². The number of carbonyl (C=O) groups excluding carboxylic acids is 1. The summed E-state index contributed by atoms with van der Waals surface area (Å²) in [4.78, 5) is 25.1. The Kier molecular flexibility index (Phi) is 4.87. The first kappa shape index (κ1) is 18.2. The fraction of sp³-hybridized carbons (Fsp3) is 0.250. The Morgan fingerprint density at radius 3 is 2.89 bits per heavy atom. The summed E-state index contributed by atoms with van der Waals surface area (Å²) < 4.78 is 9.41. The molecule has 0 aliphatic heterocycles. The van der Waals surface area contributed by atoms with Gasteiger partial charge >= 0.3 is 0 Å². The van der Waals surface area contributed by atoms with Crippen LogP contribution in [-0.2, 0) is 17.8 Å². The van der Waals surface area contributed by atoms with Crippen molar-refractivity contribution in [1.82, 2.24) is 19.5 Å². The van der Waals surface area contributed by atoms with Crippen LogP contribution < -0.4 is 15.6 Å². The van der Waals surface area contributed by atoms with Crippen LogP contribution in [0.15, 0.2) is 46.6 Å². The lowest BCUT2D eigenvalue weighted by Gasteiger charge is -2.10. The number of aromatic nitrogens is 3. The van der Waals surface area contributed by atoms with E-state index in [9.17, 15) is 9.59 Å². The molecule has 0 atom stereocenters. The minimum atomic E-state index is -0.270. The van der Waals surface area contributed by atoms with E-state index in [4.69, 9.17) is 4.74 Å². The van der Waals surface area contributed by atoms with Crippen molar-refractivity contribution in [2.75, 3.05) is 13.7 Å². The van der Waals surface area contributed by atoms with E-state index in [2.05, 4.69) is 10.4 Å². The molecule has 8 heteroatoms. The van der Waals surface area contributed by atoms with Crippen LogP contribution in [0.4, 0.5) is 0 Å². The number of nitrogens with one attached hydrogen (secondary N) is 1. The van der Waals surface area contributed by atoms with Crippen LogP contribution in [0.1, 0.15) is 11.4 Å². The summed E-state index contributed by atoms with van der Waals surface area (Å²) in [5.74, 6) is 1.22. The van der Waals surface area contributed by atoms with Gasteiger partial charge in [-0.2, -0.15) is 5.10 Å². The van der Waals surface area contributed by atoms with E-state index in [1.165, 1.54) is 4.68 Å². The standard InChI is InChI=1S/C20H20N4O3S/c1-13-22-23(20(26)16-11-18-15(24(13)16)8-10-28-18)12-19(25)21-9-7-14-5-3-4-6-17(14)27-2/h3-6,8,10-11H,7,9,12H2,1-2H3,(H,21,25). The largest absolute Gasteiger partial charge is 0.496 e. The minimum Gasteiger partial charge on any atom is -0.496 e. The maximum atomic E-state index is 12.8. The molecule has 144 valence electrons. The van der Waals surface area contributed by atoms with Crippen molar-refractivity contribution in [3.8, 4) is 5.75 Å². The molecule has 0 radical (unpaired) electrons. The lowest BCUT2D eigenvalue weighted by Crippen LogP contribution is -2.35. The third kappa shape index (κ3) is 3.27. The molecule has 0 saturated carbocycles. The molecule has 0 saturated heterocycles. The number of methoxy groups -OCH3 is 1. The van der Waals surface area contributed by atoms with Gasteiger partial charge < -0.3 is 10.1 Å². The molecule has 1 amide bonds. The number of aryl methyl sites for hydroxylation is 1. The number of nitrogens with zero attached hydrogens (tertiary/aromatic N) is 3. The number of ether oxygens (including phenoxy) is 1. The molecule has 7 nitrogen and oxygen atoms in total. The molecule has 0 unspecified atom stereocenters. The van der Waals surface area contributed by atoms with E-state index in [-0.39, 0.29) is 18.0 Å². The lowest BCUT2D eigenvalue weighted by atomic mass is 10.1. The Morgan fingerprint density at radius 1 is 1.25 bits per heavy atom. The number of fused-ring (bicyclic) bond motifs is 3. The van der Waals surface area contributed by atoms with Crippen molar-refractivity contribution in [2.24, 2.45) is 0 Å². The Labute approximate surface area is 165 Å². The molecule has 3 heterocycles. The van der Waals surface area contributed by atoms with E-state index in [0.717, 1.165) is 21.5 Å². The molecular formula is C20H20N4O3S. The predicted octanol–water partition coefficient (Wildman–Crippen LogP) is 2.39. The van der Waals surface area contributed by atoms with Crippen molar-refractivity contribution < 1.29 is 9.53 Å². The first-order valence-corrected chi connectivity index (χ1v) is 9.81. The van der Waals surface area contributed by atoms with Crippen molar-refractivity contribution in [2.45, 2.75) is 19.9 Å². The molecule has 3 aromatic heterocycles. The molecule has 0 bridgehead atoms. The van der Waals surface area contributed by atoms with E-state index >= 15 is 0 Å². The molecule has 28 heavy (non-hydrogen) atoms. The van der Waals surface area contributed by atoms with Crippen LogP contribution in [0.2, 0.25) is 0 Å². The van der Waals surface area contributed by atoms with Gasteiger partial charge in [0.2, 0.25) is 5.91 Å². The average Bonchev–Trinajstić information content (AvgIpc) is 3.27. The lowest BCUT2D eigenvalue weighted by molar-refractivity contribution is -0.121. The fourth-order valence-corrected chi connectivity index (χ4v) is 4.18. The zero-order valence-electron chi connectivity index (χ0n) is 15.6. The molecule has 0 fully saturated rings. The third-order valence-electron chi connectivity index (χ3n) is 4.67. The van der Waals surface area contributed by atoms with E-state index in [1.807, 2.05) is 53.1 Å². The zero-order valence-corrected chi connectivity index (χ0v) is 16.5. The van der Waals surface area contributed by atoms with E-state index in [1.54, 1.807) is 18.4 Å². The highest BCUT2D eigenvalue weighted by molar-refractivity contribution is 7.17. The maximum absolute atomic E-state index is 12.8. The van der Waals surface area contributed by atoms with Gasteiger partial charge in [0.15, 0.2) is 0 Å². The topological polar surface area (TPSA) is 77.6 Å². The van der Waals surface area contributed by atoms with Crippen molar-refractivity contribution in [3.63, 3.8) is 0 Å². The maximum Gasteiger partial charge on any atom is 0.291 e. The number of hydrogen-bond donors (Lipinski definition) is 1. The van der Waals surface area contributed by atoms with Crippen LogP contribution in [0.3, 0.4) is 0 Å². The predicted molar refractivity (Wildman–Crippen MR) is 109 cm³/mol. The number of benzene rings is 1. The van der Waals surface area contributed by atoms with Gasteiger partial charge in [-0.15, -0.1) is 11.3 Å². The quantitative estimate of drug-likeness (QED) is 0.543. The number of rotatable bonds is 6. The second-order valence-electron chi connectivity index (χ2n) is 6.46. The second kappa shape index (κ2) is 7.47. The van der Waals surface area contributed by atoms with Crippen LogP contribution in [0.25, 0.3) is 15.7 Å². The molecule has 0 aliphatic rings. The fourth-order valence-electron chi connectivity index (χ4n) is 3.37. The van der Waals surface area contributed by atoms with Gasteiger partial charge in [0.05, 0.1) is 17.3 Å². The first-order chi connectivity index (χ1) is 13.6. The van der Waals surface area contributed by atoms with Crippen LogP contribution in [0.5, 0.6) is 5.75 Å². The summed E-state index contributed by atoms with van der Waals surface area (Å²) in [5.41, 5.74) is 2.26. The van der Waals surface area contributed by atoms with Crippen LogP contribution in [0, 0.1) is 6.92 Å². The molecule has 1 N–H and O–H groups in total. The second-order valence-corrected chi connectivity index (χ2v) is 7.40. The Bertz CT molecular complexity index is 1220. The van der Waals surface area contributed by atoms with Crippen LogP contribution >= 0.6 is 11.3 Å². The van der Waals surface area contributed by atoms with Crippen molar-refractivity contribution in [3.05, 3.63) is 63.5 Å². The number of amides is 1. The molecule has 1 aromatic carbocycles. The van der Waals surface area contributed by atoms with Gasteiger partial charge in [-0.1, -0.05) is 18.2 Å². The highest BCUT2D eigenvalue weighted by atomic mass is 32.1. The summed E-state index contributed by atoms with van der Waals surface area (Å²) in [5, 5.41) is 9.16. The van der Waals surface area contributed by atoms with Crippen molar-refractivity contribution in [1.29, 1.82) is 0 Å². The normalized spacial score (nSPS) is 11.2. The van der Waals surface area contributed by atoms with Gasteiger partial charge in [-0.05, 0) is 42.5 Å². The average molecular weight is 396 g/mol. The molecule has 0 spiro atoms. The Hall–Kier alpha value is -3.13. The summed E-state index contributed by atoms with van der Waals surface area (Å²) >= 11 is 1.58. The smallest absolute Gasteiger partial charge is 0.291 e. The van der Waals surface area contributed by atoms with Gasteiger partial charge in [0.25, 0.3) is 5.56 Å². The summed E-state index contributed by atoms with van der Waals surface area (Å²) in [6.45, 7) is 2.18. The van der Waals surface area contributed by atoms with Gasteiger partial charge in [0, 0.05) is 6.54 Å². The van der Waals surface area contributed by atoms with E-state index < -0.39 is 0 Å². The summed E-state index contributed by atoms with van der Waals surface area (Å²) in [6.07, 6.45) is 0.644. The first-order valence-electron chi connectivity index (χ1n) is 8.93. The van der Waals surface area contributed by atoms with E-state index in [0.29, 0.717) is 24.3 Å². The van der Waals surface area contributed by atoms with Gasteiger partial charge in [0.1, 0.15) is 23.6 Å².